The maximum atomic E-state index is 13.5. The van der Waals surface area contributed by atoms with Gasteiger partial charge in [-0.25, -0.2) is 8.42 Å². The van der Waals surface area contributed by atoms with Gasteiger partial charge in [-0.05, 0) is 60.7 Å². The largest absolute Gasteiger partial charge is 0.324 e. The first-order valence-corrected chi connectivity index (χ1v) is 13.0. The SMILES string of the molecule is Cc1ccc(S(=O)(=O)N(CC(=O)Nc2c(C)cccc2C(C)C)Cc2ccc(Br)cc2)cc1. The molecule has 0 fully saturated rings. The molecule has 3 rings (SSSR count). The topological polar surface area (TPSA) is 66.5 Å². The van der Waals surface area contributed by atoms with E-state index in [4.69, 9.17) is 0 Å². The van der Waals surface area contributed by atoms with Crippen molar-refractivity contribution in [3.8, 4) is 0 Å². The Morgan fingerprint density at radius 3 is 2.21 bits per heavy atom. The molecule has 0 saturated carbocycles. The molecular weight excluding hydrogens is 500 g/mol. The van der Waals surface area contributed by atoms with Gasteiger partial charge in [-0.1, -0.05) is 77.8 Å². The van der Waals surface area contributed by atoms with Crippen molar-refractivity contribution in [2.45, 2.75) is 45.1 Å². The average Bonchev–Trinajstić information content (AvgIpc) is 2.76. The predicted molar refractivity (Wildman–Crippen MR) is 137 cm³/mol. The summed E-state index contributed by atoms with van der Waals surface area (Å²) >= 11 is 3.40. The molecule has 0 aliphatic rings. The first kappa shape index (κ1) is 25.1. The minimum Gasteiger partial charge on any atom is -0.324 e. The van der Waals surface area contributed by atoms with Crippen molar-refractivity contribution >= 4 is 37.5 Å². The number of hydrogen-bond acceptors (Lipinski definition) is 3. The van der Waals surface area contributed by atoms with Gasteiger partial charge in [0.15, 0.2) is 0 Å². The molecule has 0 heterocycles. The molecule has 0 spiro atoms. The fourth-order valence-electron chi connectivity index (χ4n) is 3.56. The fraction of sp³-hybridized carbons (Fsp3) is 0.269. The summed E-state index contributed by atoms with van der Waals surface area (Å²) in [6, 6.07) is 19.9. The molecule has 0 unspecified atom stereocenters. The van der Waals surface area contributed by atoms with Crippen molar-refractivity contribution in [1.82, 2.24) is 4.31 Å². The lowest BCUT2D eigenvalue weighted by Gasteiger charge is -2.23. The number of benzene rings is 3. The number of nitrogens with one attached hydrogen (secondary N) is 1. The van der Waals surface area contributed by atoms with E-state index in [2.05, 4.69) is 35.1 Å². The molecule has 0 aliphatic carbocycles. The monoisotopic (exact) mass is 528 g/mol. The van der Waals surface area contributed by atoms with Crippen molar-refractivity contribution in [3.63, 3.8) is 0 Å². The van der Waals surface area contributed by atoms with Crippen LogP contribution in [0.2, 0.25) is 0 Å². The Morgan fingerprint density at radius 1 is 0.970 bits per heavy atom. The highest BCUT2D eigenvalue weighted by atomic mass is 79.9. The van der Waals surface area contributed by atoms with Crippen LogP contribution in [0.5, 0.6) is 0 Å². The number of aryl methyl sites for hydroxylation is 2. The van der Waals surface area contributed by atoms with E-state index >= 15 is 0 Å². The molecule has 1 N–H and O–H groups in total. The average molecular weight is 530 g/mol. The highest BCUT2D eigenvalue weighted by Crippen LogP contribution is 2.28. The fourth-order valence-corrected chi connectivity index (χ4v) is 5.21. The third-order valence-corrected chi connectivity index (χ3v) is 7.78. The van der Waals surface area contributed by atoms with Crippen LogP contribution in [0, 0.1) is 13.8 Å². The standard InChI is InChI=1S/C26H29BrN2O3S/c1-18(2)24-7-5-6-20(4)26(24)28-25(30)17-29(16-21-10-12-22(27)13-11-21)33(31,32)23-14-8-19(3)9-15-23/h5-15,18H,16-17H2,1-4H3,(H,28,30). The second-order valence-electron chi connectivity index (χ2n) is 8.45. The van der Waals surface area contributed by atoms with Crippen molar-refractivity contribution in [3.05, 3.63) is 93.5 Å². The summed E-state index contributed by atoms with van der Waals surface area (Å²) in [5.74, 6) is -0.158. The zero-order valence-corrected chi connectivity index (χ0v) is 21.7. The summed E-state index contributed by atoms with van der Waals surface area (Å²) in [7, 11) is -3.89. The van der Waals surface area contributed by atoms with Crippen molar-refractivity contribution in [2.75, 3.05) is 11.9 Å². The van der Waals surface area contributed by atoms with Crippen LogP contribution >= 0.6 is 15.9 Å². The highest BCUT2D eigenvalue weighted by molar-refractivity contribution is 9.10. The number of sulfonamides is 1. The van der Waals surface area contributed by atoms with E-state index in [0.717, 1.165) is 32.4 Å². The van der Waals surface area contributed by atoms with Gasteiger partial charge in [0.1, 0.15) is 0 Å². The summed E-state index contributed by atoms with van der Waals surface area (Å²) in [6.45, 7) is 7.75. The molecule has 174 valence electrons. The molecule has 0 bridgehead atoms. The first-order chi connectivity index (χ1) is 15.6. The number of carbonyl (C=O) groups excluding carboxylic acids is 1. The number of carbonyl (C=O) groups is 1. The molecule has 0 aliphatic heterocycles. The van der Waals surface area contributed by atoms with Gasteiger partial charge in [0.2, 0.25) is 15.9 Å². The predicted octanol–water partition coefficient (Wildman–Crippen LogP) is 6.02. The number of halogens is 1. The van der Waals surface area contributed by atoms with Crippen molar-refractivity contribution in [2.24, 2.45) is 0 Å². The molecule has 5 nitrogen and oxygen atoms in total. The Labute approximate surface area is 205 Å². The summed E-state index contributed by atoms with van der Waals surface area (Å²) in [4.78, 5) is 13.3. The van der Waals surface area contributed by atoms with E-state index in [-0.39, 0.29) is 29.8 Å². The number of nitrogens with zero attached hydrogens (tertiary/aromatic N) is 1. The molecule has 1 amide bonds. The molecule has 33 heavy (non-hydrogen) atoms. The summed E-state index contributed by atoms with van der Waals surface area (Å²) < 4.78 is 29.1. The van der Waals surface area contributed by atoms with Gasteiger partial charge in [-0.2, -0.15) is 4.31 Å². The van der Waals surface area contributed by atoms with Gasteiger partial charge < -0.3 is 5.32 Å². The molecular formula is C26H29BrN2O3S. The van der Waals surface area contributed by atoms with Crippen LogP contribution in [0.4, 0.5) is 5.69 Å². The van der Waals surface area contributed by atoms with E-state index < -0.39 is 10.0 Å². The molecule has 0 aromatic heterocycles. The van der Waals surface area contributed by atoms with Gasteiger partial charge in [0.05, 0.1) is 11.4 Å². The third kappa shape index (κ3) is 6.31. The number of para-hydroxylation sites is 1. The van der Waals surface area contributed by atoms with Crippen LogP contribution in [0.3, 0.4) is 0 Å². The van der Waals surface area contributed by atoms with Crippen LogP contribution < -0.4 is 5.32 Å². The van der Waals surface area contributed by atoms with E-state index in [9.17, 15) is 13.2 Å². The van der Waals surface area contributed by atoms with E-state index in [0.29, 0.717) is 0 Å². The number of hydrogen-bond donors (Lipinski definition) is 1. The summed E-state index contributed by atoms with van der Waals surface area (Å²) in [5.41, 5.74) is 4.46. The van der Waals surface area contributed by atoms with Crippen LogP contribution in [0.1, 0.15) is 42.0 Å². The second-order valence-corrected chi connectivity index (χ2v) is 11.3. The van der Waals surface area contributed by atoms with Crippen molar-refractivity contribution in [1.29, 1.82) is 0 Å². The lowest BCUT2D eigenvalue weighted by molar-refractivity contribution is -0.116. The minimum absolute atomic E-state index is 0.0850. The van der Waals surface area contributed by atoms with Gasteiger partial charge in [-0.15, -0.1) is 0 Å². The Balaban J connectivity index is 1.92. The van der Waals surface area contributed by atoms with E-state index in [1.807, 2.05) is 56.3 Å². The Bertz CT molecular complexity index is 1220. The van der Waals surface area contributed by atoms with Crippen molar-refractivity contribution < 1.29 is 13.2 Å². The number of anilines is 1. The number of amides is 1. The number of rotatable bonds is 8. The molecule has 3 aromatic carbocycles. The molecule has 0 saturated heterocycles. The quantitative estimate of drug-likeness (QED) is 0.388. The smallest absolute Gasteiger partial charge is 0.243 e. The van der Waals surface area contributed by atoms with Crippen LogP contribution in [-0.4, -0.2) is 25.2 Å². The van der Waals surface area contributed by atoms with Gasteiger partial charge in [0, 0.05) is 16.7 Å². The van der Waals surface area contributed by atoms with E-state index in [1.165, 1.54) is 4.31 Å². The Hall–Kier alpha value is -2.48. The Kier molecular flexibility index (Phi) is 8.10. The summed E-state index contributed by atoms with van der Waals surface area (Å²) in [5, 5.41) is 2.97. The van der Waals surface area contributed by atoms with Crippen LogP contribution in [-0.2, 0) is 21.4 Å². The van der Waals surface area contributed by atoms with Crippen LogP contribution in [0.25, 0.3) is 0 Å². The molecule has 0 atom stereocenters. The normalized spacial score (nSPS) is 11.7. The summed E-state index contributed by atoms with van der Waals surface area (Å²) in [6.07, 6.45) is 0. The molecule has 7 heteroatoms. The van der Waals surface area contributed by atoms with Crippen LogP contribution in [0.15, 0.2) is 76.1 Å². The minimum atomic E-state index is -3.89. The zero-order valence-electron chi connectivity index (χ0n) is 19.3. The third-order valence-electron chi connectivity index (χ3n) is 5.44. The molecule has 0 radical (unpaired) electrons. The zero-order chi connectivity index (χ0) is 24.2. The lowest BCUT2D eigenvalue weighted by atomic mass is 9.98. The van der Waals surface area contributed by atoms with Gasteiger partial charge in [-0.3, -0.25) is 4.79 Å². The second kappa shape index (κ2) is 10.6. The highest BCUT2D eigenvalue weighted by Gasteiger charge is 2.27. The first-order valence-electron chi connectivity index (χ1n) is 10.8. The maximum Gasteiger partial charge on any atom is 0.243 e. The van der Waals surface area contributed by atoms with Gasteiger partial charge in [0.25, 0.3) is 0 Å². The lowest BCUT2D eigenvalue weighted by Crippen LogP contribution is -2.37. The maximum absolute atomic E-state index is 13.5. The van der Waals surface area contributed by atoms with Gasteiger partial charge >= 0.3 is 0 Å². The Morgan fingerprint density at radius 2 is 1.61 bits per heavy atom. The van der Waals surface area contributed by atoms with E-state index in [1.54, 1.807) is 24.3 Å². The molecule has 3 aromatic rings.